The minimum atomic E-state index is -1.64. The van der Waals surface area contributed by atoms with Gasteiger partial charge in [0.15, 0.2) is 0 Å². The zero-order valence-electron chi connectivity index (χ0n) is 19.9. The molecule has 0 spiro atoms. The first-order chi connectivity index (χ1) is 15.3. The number of ether oxygens (including phenoxy) is 2. The lowest BCUT2D eigenvalue weighted by atomic mass is 10.0. The molecule has 0 aliphatic carbocycles. The van der Waals surface area contributed by atoms with Crippen molar-refractivity contribution in [2.45, 2.75) is 75.4 Å². The first kappa shape index (κ1) is 26.6. The van der Waals surface area contributed by atoms with E-state index in [0.717, 1.165) is 10.5 Å². The number of carbonyl (C=O) groups is 2. The molecule has 0 radical (unpaired) electrons. The molecule has 1 saturated heterocycles. The molecule has 1 aromatic rings. The number of likely N-dealkylation sites (tertiary alicyclic amines) is 1. The van der Waals surface area contributed by atoms with Gasteiger partial charge >= 0.3 is 6.09 Å². The lowest BCUT2D eigenvalue weighted by Gasteiger charge is -2.36. The molecule has 4 atom stereocenters. The summed E-state index contributed by atoms with van der Waals surface area (Å²) in [4.78, 5) is 27.1. The van der Waals surface area contributed by atoms with Gasteiger partial charge in [0.05, 0.1) is 24.5 Å². The third kappa shape index (κ3) is 6.90. The van der Waals surface area contributed by atoms with Crippen LogP contribution in [-0.2, 0) is 26.1 Å². The van der Waals surface area contributed by atoms with Gasteiger partial charge in [-0.25, -0.2) is 9.18 Å². The molecule has 0 bridgehead atoms. The highest BCUT2D eigenvalue weighted by atomic mass is 32.2. The number of hydrogen-bond acceptors (Lipinski definition) is 6. The average Bonchev–Trinajstić information content (AvgIpc) is 3.11. The molecular formula is C23H32FN3O5S. The van der Waals surface area contributed by atoms with Crippen molar-refractivity contribution in [2.24, 2.45) is 0 Å². The van der Waals surface area contributed by atoms with Gasteiger partial charge in [0.25, 0.3) is 0 Å². The predicted molar refractivity (Wildman–Crippen MR) is 123 cm³/mol. The smallest absolute Gasteiger partial charge is 0.408 e. The number of alkyl halides is 1. The summed E-state index contributed by atoms with van der Waals surface area (Å²) in [6.07, 6.45) is -2.30. The van der Waals surface area contributed by atoms with Crippen molar-refractivity contribution < 1.29 is 27.7 Å². The lowest BCUT2D eigenvalue weighted by Crippen LogP contribution is -2.61. The Morgan fingerprint density at radius 3 is 2.39 bits per heavy atom. The molecule has 0 aromatic heterocycles. The fourth-order valence-corrected chi connectivity index (χ4v) is 4.76. The number of amides is 2. The van der Waals surface area contributed by atoms with Gasteiger partial charge < -0.3 is 19.7 Å². The molecule has 182 valence electrons. The van der Waals surface area contributed by atoms with Crippen molar-refractivity contribution in [3.63, 3.8) is 0 Å². The number of alkyl carbamates (subject to hydrolysis) is 1. The van der Waals surface area contributed by atoms with E-state index in [4.69, 9.17) is 9.47 Å². The molecule has 1 aliphatic heterocycles. The highest BCUT2D eigenvalue weighted by Crippen LogP contribution is 2.28. The minimum absolute atomic E-state index is 0.100. The summed E-state index contributed by atoms with van der Waals surface area (Å²) in [5.74, 6) is 0.103. The predicted octanol–water partition coefficient (Wildman–Crippen LogP) is 3.08. The van der Waals surface area contributed by atoms with Gasteiger partial charge in [-0.1, -0.05) is 12.1 Å². The molecule has 8 nitrogen and oxygen atoms in total. The zero-order valence-corrected chi connectivity index (χ0v) is 20.7. The Morgan fingerprint density at radius 2 is 1.88 bits per heavy atom. The Labute approximate surface area is 196 Å². The van der Waals surface area contributed by atoms with E-state index in [-0.39, 0.29) is 18.7 Å². The molecule has 2 rings (SSSR count). The summed E-state index contributed by atoms with van der Waals surface area (Å²) in [6, 6.07) is 6.70. The number of nitriles is 1. The van der Waals surface area contributed by atoms with Gasteiger partial charge in [-0.2, -0.15) is 5.26 Å². The maximum atomic E-state index is 14.0. The molecule has 1 N–H and O–H groups in total. The SMILES string of the molecule is COc1ccc(CS(=O)C(C)(C)[C@H](NC(=O)OC(C)(C)C)C(=O)N2C[C@@H](F)C[C@H]2C#N)cc1. The summed E-state index contributed by atoms with van der Waals surface area (Å²) in [6.45, 7) is 7.96. The number of nitrogens with one attached hydrogen (secondary N) is 1. The van der Waals surface area contributed by atoms with Crippen LogP contribution in [0.1, 0.15) is 46.6 Å². The summed E-state index contributed by atoms with van der Waals surface area (Å²) < 4.78 is 36.6. The number of nitrogens with zero attached hydrogens (tertiary/aromatic N) is 2. The number of benzene rings is 1. The molecule has 10 heteroatoms. The van der Waals surface area contributed by atoms with Crippen LogP contribution in [0.2, 0.25) is 0 Å². The third-order valence-electron chi connectivity index (χ3n) is 5.33. The molecule has 1 heterocycles. The minimum Gasteiger partial charge on any atom is -0.497 e. The second-order valence-corrected chi connectivity index (χ2v) is 11.5. The van der Waals surface area contributed by atoms with Crippen molar-refractivity contribution >= 4 is 22.8 Å². The van der Waals surface area contributed by atoms with Crippen molar-refractivity contribution in [3.05, 3.63) is 29.8 Å². The Morgan fingerprint density at radius 1 is 1.27 bits per heavy atom. The van der Waals surface area contributed by atoms with Crippen LogP contribution in [0.15, 0.2) is 24.3 Å². The standard InChI is InChI=1S/C23H32FN3O5S/c1-22(2,3)32-21(29)26-19(20(28)27-13-16(24)11-17(27)12-25)23(4,5)33(30)14-15-7-9-18(31-6)10-8-15/h7-10,16-17,19H,11,13-14H2,1-6H3,(H,26,29)/t16-,17-,19+,33?/m0/s1. The van der Waals surface area contributed by atoms with Crippen LogP contribution in [0.25, 0.3) is 0 Å². The molecule has 1 fully saturated rings. The molecular weight excluding hydrogens is 449 g/mol. The van der Waals surface area contributed by atoms with Crippen LogP contribution < -0.4 is 10.1 Å². The Hall–Kier alpha value is -2.67. The highest BCUT2D eigenvalue weighted by molar-refractivity contribution is 7.85. The summed E-state index contributed by atoms with van der Waals surface area (Å²) >= 11 is 0. The van der Waals surface area contributed by atoms with E-state index >= 15 is 0 Å². The number of hydrogen-bond donors (Lipinski definition) is 1. The summed E-state index contributed by atoms with van der Waals surface area (Å²) in [5, 5.41) is 11.9. The van der Waals surface area contributed by atoms with E-state index in [1.54, 1.807) is 66.0 Å². The topological polar surface area (TPSA) is 109 Å². The van der Waals surface area contributed by atoms with Crippen LogP contribution in [0.5, 0.6) is 5.75 Å². The molecule has 1 aliphatic rings. The maximum Gasteiger partial charge on any atom is 0.408 e. The van der Waals surface area contributed by atoms with E-state index in [1.165, 1.54) is 0 Å². The largest absolute Gasteiger partial charge is 0.497 e. The number of halogens is 1. The molecule has 0 saturated carbocycles. The number of carbonyl (C=O) groups excluding carboxylic acids is 2. The first-order valence-electron chi connectivity index (χ1n) is 10.6. The van der Waals surface area contributed by atoms with Crippen molar-refractivity contribution in [1.29, 1.82) is 5.26 Å². The van der Waals surface area contributed by atoms with E-state index in [0.29, 0.717) is 5.75 Å². The van der Waals surface area contributed by atoms with Gasteiger partial charge in [-0.15, -0.1) is 0 Å². The Kier molecular flexibility index (Phi) is 8.46. The van der Waals surface area contributed by atoms with Gasteiger partial charge in [-0.05, 0) is 52.3 Å². The number of rotatable bonds is 7. The van der Waals surface area contributed by atoms with E-state index in [1.807, 2.05) is 6.07 Å². The van der Waals surface area contributed by atoms with Gasteiger partial charge in [0.2, 0.25) is 5.91 Å². The highest BCUT2D eigenvalue weighted by Gasteiger charge is 2.47. The first-order valence-corrected chi connectivity index (χ1v) is 12.0. The Balaban J connectivity index is 2.32. The zero-order chi connectivity index (χ0) is 25.0. The van der Waals surface area contributed by atoms with Crippen molar-refractivity contribution in [2.75, 3.05) is 13.7 Å². The van der Waals surface area contributed by atoms with E-state index < -0.39 is 51.4 Å². The van der Waals surface area contributed by atoms with Crippen LogP contribution in [-0.4, -0.2) is 63.4 Å². The van der Waals surface area contributed by atoms with Gasteiger partial charge in [0.1, 0.15) is 29.6 Å². The average molecular weight is 482 g/mol. The molecule has 2 amide bonds. The normalized spacial score (nSPS) is 20.5. The van der Waals surface area contributed by atoms with Crippen LogP contribution in [0.4, 0.5) is 9.18 Å². The van der Waals surface area contributed by atoms with E-state index in [9.17, 15) is 23.5 Å². The molecule has 1 unspecified atom stereocenters. The second kappa shape index (κ2) is 10.5. The van der Waals surface area contributed by atoms with Crippen molar-refractivity contribution in [1.82, 2.24) is 10.2 Å². The van der Waals surface area contributed by atoms with Gasteiger partial charge in [0, 0.05) is 23.0 Å². The second-order valence-electron chi connectivity index (χ2n) is 9.49. The van der Waals surface area contributed by atoms with Gasteiger partial charge in [-0.3, -0.25) is 9.00 Å². The quantitative estimate of drug-likeness (QED) is 0.641. The third-order valence-corrected chi connectivity index (χ3v) is 7.33. The van der Waals surface area contributed by atoms with Crippen LogP contribution in [0.3, 0.4) is 0 Å². The fourth-order valence-electron chi connectivity index (χ4n) is 3.47. The van der Waals surface area contributed by atoms with Crippen LogP contribution >= 0.6 is 0 Å². The number of methoxy groups -OCH3 is 1. The fraction of sp³-hybridized carbons (Fsp3) is 0.609. The lowest BCUT2D eigenvalue weighted by molar-refractivity contribution is -0.134. The molecule has 1 aromatic carbocycles. The Bertz CT molecular complexity index is 924. The maximum absolute atomic E-state index is 14.0. The summed E-state index contributed by atoms with van der Waals surface area (Å²) in [7, 11) is -0.0921. The van der Waals surface area contributed by atoms with Crippen LogP contribution in [0, 0.1) is 11.3 Å². The van der Waals surface area contributed by atoms with Crippen molar-refractivity contribution in [3.8, 4) is 11.8 Å². The molecule has 33 heavy (non-hydrogen) atoms. The monoisotopic (exact) mass is 481 g/mol. The summed E-state index contributed by atoms with van der Waals surface area (Å²) in [5.41, 5.74) is -0.0673. The van der Waals surface area contributed by atoms with E-state index in [2.05, 4.69) is 5.32 Å².